The van der Waals surface area contributed by atoms with Gasteiger partial charge in [0.05, 0.1) is 13.2 Å². The van der Waals surface area contributed by atoms with Gasteiger partial charge in [0.25, 0.3) is 0 Å². The number of rotatable bonds is 17. The Hall–Kier alpha value is -2.10. The largest absolute Gasteiger partial charge is 0.491 e. The molecule has 1 aliphatic carbocycles. The van der Waals surface area contributed by atoms with Gasteiger partial charge in [-0.25, -0.2) is 8.78 Å². The van der Waals surface area contributed by atoms with Crippen LogP contribution in [-0.2, 0) is 12.8 Å². The molecule has 0 atom stereocenters. The van der Waals surface area contributed by atoms with E-state index in [0.29, 0.717) is 48.7 Å². The first-order chi connectivity index (χ1) is 17.2. The van der Waals surface area contributed by atoms with Gasteiger partial charge < -0.3 is 9.47 Å². The summed E-state index contributed by atoms with van der Waals surface area (Å²) in [5.74, 6) is 0.0461. The Bertz CT molecular complexity index is 909. The highest BCUT2D eigenvalue weighted by atomic mass is 19.1. The van der Waals surface area contributed by atoms with E-state index in [-0.39, 0.29) is 11.6 Å². The fourth-order valence-electron chi connectivity index (χ4n) is 4.97. The Morgan fingerprint density at radius 2 is 0.914 bits per heavy atom. The van der Waals surface area contributed by atoms with Gasteiger partial charge in [-0.15, -0.1) is 0 Å². The maximum absolute atomic E-state index is 15.2. The van der Waals surface area contributed by atoms with Crippen LogP contribution in [0.2, 0.25) is 0 Å². The molecule has 3 rings (SSSR count). The summed E-state index contributed by atoms with van der Waals surface area (Å²) in [6.45, 7) is 5.49. The zero-order chi connectivity index (χ0) is 24.9. The Kier molecular flexibility index (Phi) is 11.9. The molecule has 0 aliphatic heterocycles. The lowest BCUT2D eigenvalue weighted by molar-refractivity contribution is 0.288. The van der Waals surface area contributed by atoms with Crippen molar-refractivity contribution in [2.75, 3.05) is 13.2 Å². The van der Waals surface area contributed by atoms with Crippen LogP contribution in [0, 0.1) is 11.6 Å². The second-order valence-electron chi connectivity index (χ2n) is 9.89. The Labute approximate surface area is 211 Å². The van der Waals surface area contributed by atoms with Crippen molar-refractivity contribution in [1.82, 2.24) is 0 Å². The van der Waals surface area contributed by atoms with Crippen LogP contribution in [0.5, 0.6) is 11.5 Å². The number of unbranched alkanes of at least 4 members (excludes halogenated alkanes) is 11. The summed E-state index contributed by atoms with van der Waals surface area (Å²) in [4.78, 5) is 0. The van der Waals surface area contributed by atoms with Gasteiger partial charge in [0.1, 0.15) is 0 Å². The summed E-state index contributed by atoms with van der Waals surface area (Å²) < 4.78 is 41.9. The average Bonchev–Trinajstić information content (AvgIpc) is 2.87. The summed E-state index contributed by atoms with van der Waals surface area (Å²) in [5.41, 5.74) is 2.81. The fraction of sp³-hybridized carbons (Fsp3) is 0.613. The van der Waals surface area contributed by atoms with E-state index in [1.54, 1.807) is 12.1 Å². The van der Waals surface area contributed by atoms with Gasteiger partial charge in [0.15, 0.2) is 23.1 Å². The van der Waals surface area contributed by atoms with Crippen LogP contribution in [0.3, 0.4) is 0 Å². The van der Waals surface area contributed by atoms with Crippen molar-refractivity contribution < 1.29 is 18.3 Å². The van der Waals surface area contributed by atoms with E-state index in [1.165, 1.54) is 57.8 Å². The van der Waals surface area contributed by atoms with E-state index in [2.05, 4.69) is 13.8 Å². The quantitative estimate of drug-likeness (QED) is 0.207. The Morgan fingerprint density at radius 1 is 0.543 bits per heavy atom. The van der Waals surface area contributed by atoms with Gasteiger partial charge in [-0.1, -0.05) is 96.6 Å². The zero-order valence-corrected chi connectivity index (χ0v) is 21.9. The minimum atomic E-state index is -0.294. The van der Waals surface area contributed by atoms with Crippen LogP contribution >= 0.6 is 0 Å². The molecule has 0 unspecified atom stereocenters. The molecule has 0 fully saturated rings. The molecule has 0 saturated carbocycles. The monoisotopic (exact) mass is 486 g/mol. The van der Waals surface area contributed by atoms with E-state index < -0.39 is 0 Å². The predicted octanol–water partition coefficient (Wildman–Crippen LogP) is 9.60. The molecular weight excluding hydrogens is 442 g/mol. The molecule has 2 aromatic carbocycles. The second kappa shape index (κ2) is 15.1. The maximum atomic E-state index is 15.2. The first-order valence-corrected chi connectivity index (χ1v) is 14.1. The first-order valence-electron chi connectivity index (χ1n) is 14.1. The Morgan fingerprint density at radius 3 is 1.31 bits per heavy atom. The molecular formula is C31H44F2O2. The lowest BCUT2D eigenvalue weighted by atomic mass is 9.84. The van der Waals surface area contributed by atoms with Gasteiger partial charge in [0, 0.05) is 0 Å². The van der Waals surface area contributed by atoms with Crippen molar-refractivity contribution in [2.24, 2.45) is 0 Å². The van der Waals surface area contributed by atoms with Crippen molar-refractivity contribution >= 4 is 0 Å². The molecule has 194 valence electrons. The molecule has 0 radical (unpaired) electrons. The average molecular weight is 487 g/mol. The predicted molar refractivity (Wildman–Crippen MR) is 142 cm³/mol. The third-order valence-corrected chi connectivity index (χ3v) is 7.09. The molecule has 0 saturated heterocycles. The summed E-state index contributed by atoms with van der Waals surface area (Å²) in [7, 11) is 0. The van der Waals surface area contributed by atoms with Crippen LogP contribution in [0.4, 0.5) is 8.78 Å². The summed E-state index contributed by atoms with van der Waals surface area (Å²) in [6.07, 6.45) is 16.4. The van der Waals surface area contributed by atoms with Crippen LogP contribution in [0.15, 0.2) is 24.3 Å². The van der Waals surface area contributed by atoms with Crippen LogP contribution in [0.25, 0.3) is 11.1 Å². The molecule has 35 heavy (non-hydrogen) atoms. The van der Waals surface area contributed by atoms with Crippen LogP contribution in [-0.4, -0.2) is 13.2 Å². The number of benzene rings is 2. The van der Waals surface area contributed by atoms with Crippen LogP contribution in [0.1, 0.15) is 108 Å². The molecule has 2 nitrogen and oxygen atoms in total. The van der Waals surface area contributed by atoms with Crippen molar-refractivity contribution in [3.8, 4) is 22.6 Å². The van der Waals surface area contributed by atoms with Gasteiger partial charge >= 0.3 is 0 Å². The molecule has 0 amide bonds. The van der Waals surface area contributed by atoms with Crippen molar-refractivity contribution in [2.45, 2.75) is 110 Å². The Balaban J connectivity index is 1.53. The van der Waals surface area contributed by atoms with E-state index in [4.69, 9.17) is 9.47 Å². The molecule has 1 aliphatic rings. The molecule has 4 heteroatoms. The van der Waals surface area contributed by atoms with Gasteiger partial charge in [-0.3, -0.25) is 0 Å². The summed E-state index contributed by atoms with van der Waals surface area (Å²) in [5, 5.41) is 0. The van der Waals surface area contributed by atoms with Crippen molar-refractivity contribution in [3.63, 3.8) is 0 Å². The lowest BCUT2D eigenvalue weighted by Gasteiger charge is -2.23. The molecule has 0 heterocycles. The van der Waals surface area contributed by atoms with Gasteiger partial charge in [0.2, 0.25) is 0 Å². The minimum absolute atomic E-state index is 0.291. The molecule has 0 aromatic heterocycles. The smallest absolute Gasteiger partial charge is 0.168 e. The highest BCUT2D eigenvalue weighted by molar-refractivity contribution is 5.75. The van der Waals surface area contributed by atoms with E-state index >= 15 is 8.78 Å². The number of halogens is 2. The fourth-order valence-corrected chi connectivity index (χ4v) is 4.97. The molecule has 0 bridgehead atoms. The van der Waals surface area contributed by atoms with Crippen LogP contribution < -0.4 is 9.47 Å². The van der Waals surface area contributed by atoms with E-state index in [0.717, 1.165) is 36.8 Å². The molecule has 0 spiro atoms. The molecule has 0 N–H and O–H groups in total. The number of fused-ring (bicyclic) bond motifs is 3. The van der Waals surface area contributed by atoms with E-state index in [9.17, 15) is 0 Å². The van der Waals surface area contributed by atoms with E-state index in [1.807, 2.05) is 12.1 Å². The standard InChI is InChI=1S/C31H44F2O2/c1-3-5-7-9-10-11-13-15-23-35-29-21-19-25-24-18-20-28(34-22-14-12-8-6-4-2)30(32)26(24)16-17-27(25)31(29)33/h18-21H,3-17,22-23H2,1-2H3. The second-order valence-corrected chi connectivity index (χ2v) is 9.89. The first kappa shape index (κ1) is 27.5. The zero-order valence-electron chi connectivity index (χ0n) is 21.9. The lowest BCUT2D eigenvalue weighted by Crippen LogP contribution is -2.11. The van der Waals surface area contributed by atoms with Gasteiger partial charge in [-0.2, -0.15) is 0 Å². The molecule has 2 aromatic rings. The highest BCUT2D eigenvalue weighted by Crippen LogP contribution is 2.40. The van der Waals surface area contributed by atoms with Gasteiger partial charge in [-0.05, 0) is 60.1 Å². The van der Waals surface area contributed by atoms with Crippen molar-refractivity contribution in [1.29, 1.82) is 0 Å². The minimum Gasteiger partial charge on any atom is -0.491 e. The highest BCUT2D eigenvalue weighted by Gasteiger charge is 2.25. The third-order valence-electron chi connectivity index (χ3n) is 7.09. The maximum Gasteiger partial charge on any atom is 0.168 e. The topological polar surface area (TPSA) is 18.5 Å². The number of hydrogen-bond acceptors (Lipinski definition) is 2. The summed E-state index contributed by atoms with van der Waals surface area (Å²) in [6, 6.07) is 7.16. The SMILES string of the molecule is CCCCCCCCCCOc1ccc2c(c1F)CCc1c-2ccc(OCCCCCCC)c1F. The number of ether oxygens (including phenoxy) is 2. The third kappa shape index (κ3) is 7.95. The van der Waals surface area contributed by atoms with Crippen molar-refractivity contribution in [3.05, 3.63) is 47.0 Å². The normalized spacial score (nSPS) is 12.3. The number of hydrogen-bond donors (Lipinski definition) is 0. The summed E-state index contributed by atoms with van der Waals surface area (Å²) >= 11 is 0.